The van der Waals surface area contributed by atoms with E-state index in [9.17, 15) is 9.90 Å². The first kappa shape index (κ1) is 8.51. The molecular formula is C10H12O3. The van der Waals surface area contributed by atoms with Crippen LogP contribution in [-0.4, -0.2) is 23.6 Å². The van der Waals surface area contributed by atoms with Crippen molar-refractivity contribution in [2.24, 2.45) is 5.92 Å². The van der Waals surface area contributed by atoms with Gasteiger partial charge in [0.25, 0.3) is 0 Å². The molecule has 3 rings (SSSR count). The number of carbonyl (C=O) groups is 1. The zero-order valence-electron chi connectivity index (χ0n) is 7.49. The molecule has 0 aliphatic heterocycles. The Balaban J connectivity index is 2.47. The van der Waals surface area contributed by atoms with Crippen molar-refractivity contribution in [3.8, 4) is 0 Å². The first-order chi connectivity index (χ1) is 6.18. The van der Waals surface area contributed by atoms with E-state index in [-0.39, 0.29) is 17.5 Å². The van der Waals surface area contributed by atoms with Crippen LogP contribution < -0.4 is 0 Å². The van der Waals surface area contributed by atoms with Gasteiger partial charge in [-0.05, 0) is 18.9 Å². The Morgan fingerprint density at radius 1 is 1.69 bits per heavy atom. The molecule has 3 heteroatoms. The highest BCUT2D eigenvalue weighted by atomic mass is 16.5. The molecule has 0 amide bonds. The molecule has 2 atom stereocenters. The molecule has 0 aromatic rings. The van der Waals surface area contributed by atoms with Crippen molar-refractivity contribution < 1.29 is 14.6 Å². The summed E-state index contributed by atoms with van der Waals surface area (Å²) in [7, 11) is 1.53. The highest BCUT2D eigenvalue weighted by Gasteiger charge is 2.41. The maximum Gasteiger partial charge on any atom is 0.194 e. The van der Waals surface area contributed by atoms with Crippen molar-refractivity contribution in [2.75, 3.05) is 7.11 Å². The van der Waals surface area contributed by atoms with Gasteiger partial charge in [-0.3, -0.25) is 4.79 Å². The van der Waals surface area contributed by atoms with Crippen LogP contribution in [0.1, 0.15) is 12.8 Å². The molecule has 1 N–H and O–H groups in total. The zero-order chi connectivity index (χ0) is 9.47. The highest BCUT2D eigenvalue weighted by molar-refractivity contribution is 6.00. The van der Waals surface area contributed by atoms with Gasteiger partial charge in [-0.15, -0.1) is 0 Å². The lowest BCUT2D eigenvalue weighted by Crippen LogP contribution is -2.38. The number of rotatable bonds is 1. The van der Waals surface area contributed by atoms with Crippen LogP contribution >= 0.6 is 0 Å². The van der Waals surface area contributed by atoms with E-state index >= 15 is 0 Å². The summed E-state index contributed by atoms with van der Waals surface area (Å²) in [4.78, 5) is 11.6. The number of fused-ring (bicyclic) bond motifs is 2. The Morgan fingerprint density at radius 2 is 2.46 bits per heavy atom. The van der Waals surface area contributed by atoms with E-state index in [4.69, 9.17) is 4.74 Å². The standard InChI is InChI=1S/C10H12O3/c1-13-10-4-2-7(3-5-10)8(11)6-9(10)12/h2,4,6-7,11H,3,5H2,1H3. The molecule has 3 aliphatic carbocycles. The highest BCUT2D eigenvalue weighted by Crippen LogP contribution is 2.36. The molecule has 13 heavy (non-hydrogen) atoms. The first-order valence-corrected chi connectivity index (χ1v) is 4.37. The number of methoxy groups -OCH3 is 1. The normalized spacial score (nSPS) is 37.5. The number of hydrogen-bond acceptors (Lipinski definition) is 3. The summed E-state index contributed by atoms with van der Waals surface area (Å²) in [6, 6.07) is 0. The van der Waals surface area contributed by atoms with Gasteiger partial charge >= 0.3 is 0 Å². The predicted octanol–water partition coefficient (Wildman–Crippen LogP) is 1.36. The molecule has 0 saturated carbocycles. The largest absolute Gasteiger partial charge is 0.512 e. The number of allylic oxidation sites excluding steroid dienone is 1. The van der Waals surface area contributed by atoms with Gasteiger partial charge < -0.3 is 9.84 Å². The second kappa shape index (κ2) is 2.70. The molecule has 3 aliphatic rings. The lowest BCUT2D eigenvalue weighted by atomic mass is 9.85. The minimum Gasteiger partial charge on any atom is -0.512 e. The van der Waals surface area contributed by atoms with Crippen LogP contribution in [0.15, 0.2) is 24.0 Å². The van der Waals surface area contributed by atoms with Gasteiger partial charge in [0.2, 0.25) is 0 Å². The van der Waals surface area contributed by atoms with Gasteiger partial charge in [0, 0.05) is 19.1 Å². The van der Waals surface area contributed by atoms with Gasteiger partial charge in [0.15, 0.2) is 5.78 Å². The van der Waals surface area contributed by atoms with E-state index in [0.717, 1.165) is 6.42 Å². The summed E-state index contributed by atoms with van der Waals surface area (Å²) in [5.74, 6) is 0.0242. The summed E-state index contributed by atoms with van der Waals surface area (Å²) < 4.78 is 5.21. The van der Waals surface area contributed by atoms with E-state index < -0.39 is 5.60 Å². The van der Waals surface area contributed by atoms with Crippen molar-refractivity contribution >= 4 is 5.78 Å². The molecule has 3 nitrogen and oxygen atoms in total. The molecule has 0 radical (unpaired) electrons. The molecule has 0 heterocycles. The van der Waals surface area contributed by atoms with Crippen LogP contribution in [0.25, 0.3) is 0 Å². The molecule has 0 aromatic heterocycles. The molecule has 0 fully saturated rings. The number of ketones is 1. The summed E-state index contributed by atoms with van der Waals surface area (Å²) in [6.07, 6.45) is 6.34. The minimum absolute atomic E-state index is 0.00900. The second-order valence-corrected chi connectivity index (χ2v) is 3.53. The van der Waals surface area contributed by atoms with Crippen LogP contribution in [0, 0.1) is 5.92 Å². The van der Waals surface area contributed by atoms with E-state index in [1.165, 1.54) is 13.2 Å². The molecule has 2 unspecified atom stereocenters. The van der Waals surface area contributed by atoms with Crippen LogP contribution in [0.2, 0.25) is 0 Å². The van der Waals surface area contributed by atoms with Crippen molar-refractivity contribution in [1.29, 1.82) is 0 Å². The fourth-order valence-corrected chi connectivity index (χ4v) is 1.91. The summed E-state index contributed by atoms with van der Waals surface area (Å²) >= 11 is 0. The monoisotopic (exact) mass is 180 g/mol. The quantitative estimate of drug-likeness (QED) is 0.620. The smallest absolute Gasteiger partial charge is 0.194 e. The predicted molar refractivity (Wildman–Crippen MR) is 47.3 cm³/mol. The third-order valence-electron chi connectivity index (χ3n) is 2.86. The molecule has 0 saturated heterocycles. The number of ether oxygens (including phenoxy) is 1. The maximum absolute atomic E-state index is 11.6. The minimum atomic E-state index is -0.805. The number of aliphatic hydroxyl groups is 1. The van der Waals surface area contributed by atoms with E-state index in [1.54, 1.807) is 6.08 Å². The molecule has 0 spiro atoms. The Bertz CT molecular complexity index is 303. The van der Waals surface area contributed by atoms with Crippen LogP contribution in [-0.2, 0) is 9.53 Å². The third-order valence-corrected chi connectivity index (χ3v) is 2.86. The second-order valence-electron chi connectivity index (χ2n) is 3.53. The Kier molecular flexibility index (Phi) is 1.77. The fourth-order valence-electron chi connectivity index (χ4n) is 1.91. The Hall–Kier alpha value is -1.09. The number of carbonyl (C=O) groups excluding carboxylic acids is 1. The number of aliphatic hydroxyl groups excluding tert-OH is 1. The molecule has 0 aromatic carbocycles. The van der Waals surface area contributed by atoms with Crippen molar-refractivity contribution in [2.45, 2.75) is 18.4 Å². The van der Waals surface area contributed by atoms with Gasteiger partial charge in [-0.25, -0.2) is 0 Å². The first-order valence-electron chi connectivity index (χ1n) is 4.37. The Morgan fingerprint density at radius 3 is 3.00 bits per heavy atom. The van der Waals surface area contributed by atoms with E-state index in [0.29, 0.717) is 6.42 Å². The molecular weight excluding hydrogens is 168 g/mol. The third kappa shape index (κ3) is 1.11. The SMILES string of the molecule is COC12C=CC(CC1)C(O)=CC2=O. The molecule has 2 bridgehead atoms. The van der Waals surface area contributed by atoms with Crippen LogP contribution in [0.4, 0.5) is 0 Å². The van der Waals surface area contributed by atoms with E-state index in [1.807, 2.05) is 6.08 Å². The summed E-state index contributed by atoms with van der Waals surface area (Å²) in [5.41, 5.74) is -0.805. The average Bonchev–Trinajstić information content (AvgIpc) is 2.34. The van der Waals surface area contributed by atoms with Gasteiger partial charge in [0.05, 0.1) is 0 Å². The maximum atomic E-state index is 11.6. The van der Waals surface area contributed by atoms with Crippen LogP contribution in [0.3, 0.4) is 0 Å². The molecule has 70 valence electrons. The van der Waals surface area contributed by atoms with Gasteiger partial charge in [-0.1, -0.05) is 6.08 Å². The van der Waals surface area contributed by atoms with Gasteiger partial charge in [0.1, 0.15) is 11.4 Å². The van der Waals surface area contributed by atoms with Crippen molar-refractivity contribution in [3.63, 3.8) is 0 Å². The van der Waals surface area contributed by atoms with Crippen LogP contribution in [0.5, 0.6) is 0 Å². The number of hydrogen-bond donors (Lipinski definition) is 1. The zero-order valence-corrected chi connectivity index (χ0v) is 7.49. The van der Waals surface area contributed by atoms with Crippen molar-refractivity contribution in [1.82, 2.24) is 0 Å². The van der Waals surface area contributed by atoms with Crippen molar-refractivity contribution in [3.05, 3.63) is 24.0 Å². The summed E-state index contributed by atoms with van der Waals surface area (Å²) in [6.45, 7) is 0. The fraction of sp³-hybridized carbons (Fsp3) is 0.500. The summed E-state index contributed by atoms with van der Waals surface area (Å²) in [5, 5.41) is 9.49. The Labute approximate surface area is 76.7 Å². The van der Waals surface area contributed by atoms with Gasteiger partial charge in [-0.2, -0.15) is 0 Å². The topological polar surface area (TPSA) is 46.5 Å². The average molecular weight is 180 g/mol. The lowest BCUT2D eigenvalue weighted by Gasteiger charge is -2.28. The van der Waals surface area contributed by atoms with E-state index in [2.05, 4.69) is 0 Å². The lowest BCUT2D eigenvalue weighted by molar-refractivity contribution is -0.131.